The van der Waals surface area contributed by atoms with E-state index in [1.165, 1.54) is 19.3 Å². The second kappa shape index (κ2) is 6.33. The lowest BCUT2D eigenvalue weighted by Crippen LogP contribution is -2.30. The van der Waals surface area contributed by atoms with E-state index < -0.39 is 0 Å². The minimum Gasteiger partial charge on any atom is -0.404 e. The molecular formula is C16H22N4. The molecule has 1 aliphatic rings. The molecule has 3 N–H and O–H groups in total. The average Bonchev–Trinajstić information content (AvgIpc) is 2.82. The maximum Gasteiger partial charge on any atom is 0.124 e. The number of anilines is 1. The van der Waals surface area contributed by atoms with Gasteiger partial charge in [-0.1, -0.05) is 12.2 Å². The van der Waals surface area contributed by atoms with Gasteiger partial charge in [0.1, 0.15) is 11.9 Å². The average molecular weight is 270 g/mol. The third-order valence-corrected chi connectivity index (χ3v) is 3.83. The molecule has 4 nitrogen and oxygen atoms in total. The first kappa shape index (κ1) is 14.3. The maximum absolute atomic E-state index is 9.46. The van der Waals surface area contributed by atoms with Crippen LogP contribution >= 0.6 is 0 Å². The zero-order valence-electron chi connectivity index (χ0n) is 12.2. The fraction of sp³-hybridized carbons (Fsp3) is 0.438. The highest BCUT2D eigenvalue weighted by Crippen LogP contribution is 2.31. The Bertz CT molecular complexity index is 566. The first-order chi connectivity index (χ1) is 9.72. The molecule has 0 saturated carbocycles. The molecule has 20 heavy (non-hydrogen) atoms. The molecule has 0 amide bonds. The van der Waals surface area contributed by atoms with Crippen LogP contribution < -0.4 is 10.6 Å². The van der Waals surface area contributed by atoms with Crippen molar-refractivity contribution in [3.05, 3.63) is 35.2 Å². The smallest absolute Gasteiger partial charge is 0.124 e. The van der Waals surface area contributed by atoms with Crippen LogP contribution in [0.25, 0.3) is 5.57 Å². The number of piperidine rings is 1. The van der Waals surface area contributed by atoms with E-state index in [9.17, 15) is 5.26 Å². The van der Waals surface area contributed by atoms with Gasteiger partial charge in [0.2, 0.25) is 0 Å². The Morgan fingerprint density at radius 2 is 2.05 bits per heavy atom. The minimum atomic E-state index is 0.741. The third kappa shape index (κ3) is 2.57. The Labute approximate surface area is 120 Å². The second-order valence-corrected chi connectivity index (χ2v) is 5.13. The summed E-state index contributed by atoms with van der Waals surface area (Å²) in [4.78, 5) is 5.69. The molecule has 0 aromatic carbocycles. The van der Waals surface area contributed by atoms with Crippen molar-refractivity contribution < 1.29 is 0 Å². The quantitative estimate of drug-likeness (QED) is 0.829. The SMILES string of the molecule is C/C=C\C(=C/N)c1[nH]c(N2CCCCC2)c(C#N)c1C. The molecule has 1 aromatic heterocycles. The molecule has 2 rings (SSSR count). The van der Waals surface area contributed by atoms with Crippen LogP contribution in [0.5, 0.6) is 0 Å². The molecule has 0 aliphatic carbocycles. The Morgan fingerprint density at radius 1 is 1.35 bits per heavy atom. The highest BCUT2D eigenvalue weighted by Gasteiger charge is 2.21. The zero-order chi connectivity index (χ0) is 14.5. The van der Waals surface area contributed by atoms with E-state index in [0.29, 0.717) is 0 Å². The van der Waals surface area contributed by atoms with Crippen molar-refractivity contribution in [2.24, 2.45) is 5.73 Å². The number of nitrogens with zero attached hydrogens (tertiary/aromatic N) is 2. The molecule has 0 radical (unpaired) electrons. The largest absolute Gasteiger partial charge is 0.404 e. The van der Waals surface area contributed by atoms with Crippen molar-refractivity contribution in [2.75, 3.05) is 18.0 Å². The van der Waals surface area contributed by atoms with Crippen molar-refractivity contribution in [3.63, 3.8) is 0 Å². The van der Waals surface area contributed by atoms with Gasteiger partial charge in [-0.2, -0.15) is 5.26 Å². The van der Waals surface area contributed by atoms with Crippen LogP contribution in [0.15, 0.2) is 18.4 Å². The molecule has 4 heteroatoms. The number of aromatic amines is 1. The zero-order valence-corrected chi connectivity index (χ0v) is 12.2. The van der Waals surface area contributed by atoms with Gasteiger partial charge < -0.3 is 15.6 Å². The van der Waals surface area contributed by atoms with Crippen molar-refractivity contribution in [3.8, 4) is 6.07 Å². The molecule has 1 saturated heterocycles. The molecule has 0 bridgehead atoms. The van der Waals surface area contributed by atoms with Crippen LogP contribution in [-0.2, 0) is 0 Å². The van der Waals surface area contributed by atoms with E-state index in [0.717, 1.165) is 41.3 Å². The minimum absolute atomic E-state index is 0.741. The number of hydrogen-bond donors (Lipinski definition) is 2. The predicted molar refractivity (Wildman–Crippen MR) is 83.3 cm³/mol. The van der Waals surface area contributed by atoms with E-state index in [2.05, 4.69) is 16.0 Å². The normalized spacial score (nSPS) is 16.6. The monoisotopic (exact) mass is 270 g/mol. The molecule has 2 heterocycles. The number of rotatable bonds is 3. The lowest BCUT2D eigenvalue weighted by molar-refractivity contribution is 0.574. The molecule has 0 atom stereocenters. The molecule has 0 spiro atoms. The Balaban J connectivity index is 2.46. The van der Waals surface area contributed by atoms with Crippen LogP contribution in [0.1, 0.15) is 43.0 Å². The van der Waals surface area contributed by atoms with Gasteiger partial charge in [-0.25, -0.2) is 0 Å². The number of allylic oxidation sites excluding steroid dienone is 3. The van der Waals surface area contributed by atoms with Crippen LogP contribution in [0.3, 0.4) is 0 Å². The van der Waals surface area contributed by atoms with Crippen LogP contribution in [-0.4, -0.2) is 18.1 Å². The van der Waals surface area contributed by atoms with Crippen LogP contribution in [0.2, 0.25) is 0 Å². The highest BCUT2D eigenvalue weighted by atomic mass is 15.2. The van der Waals surface area contributed by atoms with E-state index in [-0.39, 0.29) is 0 Å². The van der Waals surface area contributed by atoms with Crippen molar-refractivity contribution in [1.82, 2.24) is 4.98 Å². The molecule has 1 aromatic rings. The number of H-pyrrole nitrogens is 1. The van der Waals surface area contributed by atoms with Crippen LogP contribution in [0.4, 0.5) is 5.82 Å². The summed E-state index contributed by atoms with van der Waals surface area (Å²) >= 11 is 0. The number of hydrogen-bond acceptors (Lipinski definition) is 3. The number of nitrogens with two attached hydrogens (primary N) is 1. The highest BCUT2D eigenvalue weighted by molar-refractivity contribution is 5.78. The summed E-state index contributed by atoms with van der Waals surface area (Å²) < 4.78 is 0. The first-order valence-electron chi connectivity index (χ1n) is 7.15. The summed E-state index contributed by atoms with van der Waals surface area (Å²) in [5, 5.41) is 9.46. The van der Waals surface area contributed by atoms with E-state index in [4.69, 9.17) is 5.73 Å². The fourth-order valence-corrected chi connectivity index (χ4v) is 2.76. The topological polar surface area (TPSA) is 68.8 Å². The van der Waals surface area contributed by atoms with Gasteiger partial charge in [-0.05, 0) is 38.7 Å². The lowest BCUT2D eigenvalue weighted by Gasteiger charge is -2.27. The van der Waals surface area contributed by atoms with Gasteiger partial charge in [0.15, 0.2) is 0 Å². The molecule has 1 fully saturated rings. The predicted octanol–water partition coefficient (Wildman–Crippen LogP) is 3.06. The van der Waals surface area contributed by atoms with E-state index >= 15 is 0 Å². The molecule has 0 unspecified atom stereocenters. The van der Waals surface area contributed by atoms with Gasteiger partial charge in [0, 0.05) is 24.9 Å². The Morgan fingerprint density at radius 3 is 2.60 bits per heavy atom. The van der Waals surface area contributed by atoms with E-state index in [1.807, 2.05) is 26.0 Å². The maximum atomic E-state index is 9.46. The number of aromatic nitrogens is 1. The van der Waals surface area contributed by atoms with Gasteiger partial charge in [0.05, 0.1) is 11.3 Å². The third-order valence-electron chi connectivity index (χ3n) is 3.83. The lowest BCUT2D eigenvalue weighted by atomic mass is 10.1. The summed E-state index contributed by atoms with van der Waals surface area (Å²) in [5.74, 6) is 0.948. The van der Waals surface area contributed by atoms with Gasteiger partial charge >= 0.3 is 0 Å². The second-order valence-electron chi connectivity index (χ2n) is 5.13. The molecule has 1 aliphatic heterocycles. The first-order valence-corrected chi connectivity index (χ1v) is 7.15. The fourth-order valence-electron chi connectivity index (χ4n) is 2.76. The summed E-state index contributed by atoms with van der Waals surface area (Å²) in [6.45, 7) is 5.96. The standard InChI is InChI=1S/C16H22N4/c1-3-7-13(10-17)15-12(2)14(11-18)16(19-15)20-8-5-4-6-9-20/h3,7,10,19H,4-6,8-9,17H2,1-2H3/b7-3-,13-10+. The van der Waals surface area contributed by atoms with Crippen molar-refractivity contribution in [2.45, 2.75) is 33.1 Å². The Hall–Kier alpha value is -2.15. The summed E-state index contributed by atoms with van der Waals surface area (Å²) in [5.41, 5.74) is 9.29. The number of nitriles is 1. The summed E-state index contributed by atoms with van der Waals surface area (Å²) in [6.07, 6.45) is 9.14. The van der Waals surface area contributed by atoms with Gasteiger partial charge in [-0.3, -0.25) is 0 Å². The summed E-state index contributed by atoms with van der Waals surface area (Å²) in [7, 11) is 0. The van der Waals surface area contributed by atoms with Gasteiger partial charge in [-0.15, -0.1) is 0 Å². The van der Waals surface area contributed by atoms with Crippen molar-refractivity contribution in [1.29, 1.82) is 5.26 Å². The number of nitrogens with one attached hydrogen (secondary N) is 1. The summed E-state index contributed by atoms with van der Waals surface area (Å²) in [6, 6.07) is 2.34. The molecular weight excluding hydrogens is 248 g/mol. The van der Waals surface area contributed by atoms with Crippen molar-refractivity contribution >= 4 is 11.4 Å². The Kier molecular flexibility index (Phi) is 4.52. The molecule has 106 valence electrons. The van der Waals surface area contributed by atoms with Crippen LogP contribution in [0, 0.1) is 18.3 Å². The van der Waals surface area contributed by atoms with E-state index in [1.54, 1.807) is 6.20 Å². The van der Waals surface area contributed by atoms with Gasteiger partial charge in [0.25, 0.3) is 0 Å².